The van der Waals surface area contributed by atoms with Gasteiger partial charge in [0.15, 0.2) is 0 Å². The van der Waals surface area contributed by atoms with Crippen LogP contribution >= 0.6 is 0 Å². The van der Waals surface area contributed by atoms with Gasteiger partial charge in [-0.3, -0.25) is 4.79 Å². The Morgan fingerprint density at radius 3 is 2.62 bits per heavy atom. The molecule has 1 atom stereocenters. The molecule has 0 saturated carbocycles. The number of hydrogen-bond donors (Lipinski definition) is 1. The predicted octanol–water partition coefficient (Wildman–Crippen LogP) is 2.64. The minimum Gasteiger partial charge on any atom is -0.348 e. The average Bonchev–Trinajstić information content (AvgIpc) is 2.93. The van der Waals surface area contributed by atoms with E-state index in [1.165, 1.54) is 12.1 Å². The molecule has 1 amide bonds. The predicted molar refractivity (Wildman–Crippen MR) is 89.1 cm³/mol. The molecule has 0 unspecified atom stereocenters. The van der Waals surface area contributed by atoms with Crippen LogP contribution in [0.1, 0.15) is 37.0 Å². The van der Waals surface area contributed by atoms with Crippen LogP contribution in [0.4, 0.5) is 4.39 Å². The molecule has 0 aliphatic heterocycles. The smallest absolute Gasteiger partial charge is 0.254 e. The average molecular weight is 334 g/mol. The van der Waals surface area contributed by atoms with E-state index in [4.69, 9.17) is 4.52 Å². The van der Waals surface area contributed by atoms with Gasteiger partial charge in [0.2, 0.25) is 11.7 Å². The van der Waals surface area contributed by atoms with Gasteiger partial charge in [0.05, 0.1) is 5.56 Å². The van der Waals surface area contributed by atoms with Crippen LogP contribution in [0.3, 0.4) is 0 Å². The van der Waals surface area contributed by atoms with Gasteiger partial charge < -0.3 is 14.7 Å². The third kappa shape index (κ3) is 4.38. The van der Waals surface area contributed by atoms with Crippen LogP contribution < -0.4 is 5.32 Å². The van der Waals surface area contributed by atoms with E-state index in [2.05, 4.69) is 34.2 Å². The first-order chi connectivity index (χ1) is 11.3. The third-order valence-corrected chi connectivity index (χ3v) is 3.82. The summed E-state index contributed by atoms with van der Waals surface area (Å²) in [5.41, 5.74) is 0.464. The molecule has 0 aliphatic carbocycles. The molecule has 0 saturated heterocycles. The summed E-state index contributed by atoms with van der Waals surface area (Å²) >= 11 is 0. The van der Waals surface area contributed by atoms with Crippen molar-refractivity contribution in [2.45, 2.75) is 39.8 Å². The summed E-state index contributed by atoms with van der Waals surface area (Å²) in [6, 6.07) is 4.56. The van der Waals surface area contributed by atoms with E-state index < -0.39 is 11.7 Å². The SMILES string of the molecule is Cc1nc(-c2ccc(C(=O)N[C@H](C)CN(C)C(C)C)c(F)c2)no1. The quantitative estimate of drug-likeness (QED) is 0.879. The summed E-state index contributed by atoms with van der Waals surface area (Å²) in [5.74, 6) is -0.356. The number of rotatable bonds is 6. The van der Waals surface area contributed by atoms with Gasteiger partial charge in [-0.25, -0.2) is 4.39 Å². The molecule has 2 rings (SSSR count). The Hall–Kier alpha value is -2.28. The number of carbonyl (C=O) groups is 1. The zero-order valence-corrected chi connectivity index (χ0v) is 14.6. The number of nitrogens with zero attached hydrogens (tertiary/aromatic N) is 3. The highest BCUT2D eigenvalue weighted by Gasteiger charge is 2.17. The molecule has 1 N–H and O–H groups in total. The molecule has 0 aliphatic rings. The minimum atomic E-state index is -0.614. The maximum absolute atomic E-state index is 14.3. The van der Waals surface area contributed by atoms with Crippen molar-refractivity contribution in [3.05, 3.63) is 35.5 Å². The number of aromatic nitrogens is 2. The maximum atomic E-state index is 14.3. The number of likely N-dealkylation sites (N-methyl/N-ethyl adjacent to an activating group) is 1. The molecule has 1 aromatic heterocycles. The molecule has 1 aromatic carbocycles. The van der Waals surface area contributed by atoms with Crippen LogP contribution in [0.25, 0.3) is 11.4 Å². The second-order valence-electron chi connectivity index (χ2n) is 6.24. The molecule has 6 nitrogen and oxygen atoms in total. The number of aryl methyl sites for hydroxylation is 1. The van der Waals surface area contributed by atoms with Crippen LogP contribution in [-0.4, -0.2) is 46.6 Å². The zero-order chi connectivity index (χ0) is 17.9. The highest BCUT2D eigenvalue weighted by molar-refractivity contribution is 5.95. The highest BCUT2D eigenvalue weighted by atomic mass is 19.1. The van der Waals surface area contributed by atoms with E-state index in [1.807, 2.05) is 14.0 Å². The number of halogens is 1. The Kier molecular flexibility index (Phi) is 5.66. The van der Waals surface area contributed by atoms with Gasteiger partial charge >= 0.3 is 0 Å². The molecule has 24 heavy (non-hydrogen) atoms. The normalized spacial score (nSPS) is 12.7. The van der Waals surface area contributed by atoms with E-state index in [-0.39, 0.29) is 11.6 Å². The molecule has 1 heterocycles. The standard InChI is InChI=1S/C17H23FN4O2/c1-10(2)22(5)9-11(3)19-17(23)14-7-6-13(8-15(14)18)16-20-12(4)24-21-16/h6-8,10-11H,9H2,1-5H3,(H,19,23)/t11-/m1/s1. The number of nitrogens with one attached hydrogen (secondary N) is 1. The maximum Gasteiger partial charge on any atom is 0.254 e. The van der Waals surface area contributed by atoms with Crippen molar-refractivity contribution in [1.82, 2.24) is 20.4 Å². The number of benzene rings is 1. The molecular weight excluding hydrogens is 311 g/mol. The van der Waals surface area contributed by atoms with Crippen LogP contribution in [0.2, 0.25) is 0 Å². The topological polar surface area (TPSA) is 71.3 Å². The van der Waals surface area contributed by atoms with Crippen molar-refractivity contribution < 1.29 is 13.7 Å². The lowest BCUT2D eigenvalue weighted by Gasteiger charge is -2.25. The van der Waals surface area contributed by atoms with Crippen molar-refractivity contribution in [2.75, 3.05) is 13.6 Å². The first kappa shape index (κ1) is 18.1. The van der Waals surface area contributed by atoms with Gasteiger partial charge in [-0.2, -0.15) is 4.98 Å². The Balaban J connectivity index is 2.07. The molecule has 7 heteroatoms. The van der Waals surface area contributed by atoms with Gasteiger partial charge in [-0.1, -0.05) is 11.2 Å². The third-order valence-electron chi connectivity index (χ3n) is 3.82. The van der Waals surface area contributed by atoms with Gasteiger partial charge in [-0.15, -0.1) is 0 Å². The summed E-state index contributed by atoms with van der Waals surface area (Å²) in [6.45, 7) is 8.39. The second-order valence-corrected chi connectivity index (χ2v) is 6.24. The molecule has 0 fully saturated rings. The first-order valence-corrected chi connectivity index (χ1v) is 7.89. The van der Waals surface area contributed by atoms with Crippen molar-refractivity contribution in [3.8, 4) is 11.4 Å². The van der Waals surface area contributed by atoms with Crippen molar-refractivity contribution >= 4 is 5.91 Å². The van der Waals surface area contributed by atoms with Crippen LogP contribution in [0, 0.1) is 12.7 Å². The largest absolute Gasteiger partial charge is 0.348 e. The van der Waals surface area contributed by atoms with E-state index in [1.54, 1.807) is 13.0 Å². The Bertz CT molecular complexity index is 714. The van der Waals surface area contributed by atoms with Gasteiger partial charge in [0.1, 0.15) is 5.82 Å². The monoisotopic (exact) mass is 334 g/mol. The Labute approximate surface area is 141 Å². The fourth-order valence-corrected chi connectivity index (χ4v) is 2.24. The van der Waals surface area contributed by atoms with E-state index >= 15 is 0 Å². The van der Waals surface area contributed by atoms with Crippen molar-refractivity contribution in [3.63, 3.8) is 0 Å². The van der Waals surface area contributed by atoms with Gasteiger partial charge in [-0.05, 0) is 40.0 Å². The van der Waals surface area contributed by atoms with E-state index in [0.29, 0.717) is 29.9 Å². The summed E-state index contributed by atoms with van der Waals surface area (Å²) in [5, 5.41) is 6.56. The summed E-state index contributed by atoms with van der Waals surface area (Å²) in [7, 11) is 1.98. The number of carbonyl (C=O) groups excluding carboxylic acids is 1. The van der Waals surface area contributed by atoms with Crippen LogP contribution in [0.15, 0.2) is 22.7 Å². The lowest BCUT2D eigenvalue weighted by Crippen LogP contribution is -2.42. The lowest BCUT2D eigenvalue weighted by atomic mass is 10.1. The second kappa shape index (κ2) is 7.53. The molecule has 0 radical (unpaired) electrons. The lowest BCUT2D eigenvalue weighted by molar-refractivity contribution is 0.0924. The molecular formula is C17H23FN4O2. The summed E-state index contributed by atoms with van der Waals surface area (Å²) in [6.07, 6.45) is 0. The van der Waals surface area contributed by atoms with Gasteiger partial charge in [0.25, 0.3) is 5.91 Å². The summed E-state index contributed by atoms with van der Waals surface area (Å²) < 4.78 is 19.2. The number of amides is 1. The number of hydrogen-bond acceptors (Lipinski definition) is 5. The van der Waals surface area contributed by atoms with Gasteiger partial charge in [0, 0.05) is 31.1 Å². The van der Waals surface area contributed by atoms with E-state index in [9.17, 15) is 9.18 Å². The Morgan fingerprint density at radius 2 is 2.08 bits per heavy atom. The van der Waals surface area contributed by atoms with Crippen LogP contribution in [0.5, 0.6) is 0 Å². The Morgan fingerprint density at radius 1 is 1.38 bits per heavy atom. The zero-order valence-electron chi connectivity index (χ0n) is 14.6. The van der Waals surface area contributed by atoms with E-state index in [0.717, 1.165) is 0 Å². The first-order valence-electron chi connectivity index (χ1n) is 7.89. The molecule has 0 spiro atoms. The fourth-order valence-electron chi connectivity index (χ4n) is 2.24. The molecule has 0 bridgehead atoms. The molecule has 130 valence electrons. The minimum absolute atomic E-state index is 0.00184. The summed E-state index contributed by atoms with van der Waals surface area (Å²) in [4.78, 5) is 18.4. The molecule has 2 aromatic rings. The van der Waals surface area contributed by atoms with Crippen molar-refractivity contribution in [1.29, 1.82) is 0 Å². The van der Waals surface area contributed by atoms with Crippen LogP contribution in [-0.2, 0) is 0 Å². The van der Waals surface area contributed by atoms with Crippen molar-refractivity contribution in [2.24, 2.45) is 0 Å². The highest BCUT2D eigenvalue weighted by Crippen LogP contribution is 2.19. The fraction of sp³-hybridized carbons (Fsp3) is 0.471.